The first kappa shape index (κ1) is 12.9. The molecule has 0 radical (unpaired) electrons. The van der Waals surface area contributed by atoms with E-state index in [4.69, 9.17) is 5.73 Å². The maximum absolute atomic E-state index is 5.98. The maximum atomic E-state index is 5.98. The number of likely N-dealkylation sites (N-methyl/N-ethyl adjacent to an activating group) is 1. The number of nitrogens with zero attached hydrogens (tertiary/aromatic N) is 2. The fourth-order valence-corrected chi connectivity index (χ4v) is 4.14. The lowest BCUT2D eigenvalue weighted by Crippen LogP contribution is -2.48. The average Bonchev–Trinajstić information content (AvgIpc) is 3.16. The van der Waals surface area contributed by atoms with Crippen LogP contribution in [0.1, 0.15) is 44.9 Å². The van der Waals surface area contributed by atoms with E-state index < -0.39 is 0 Å². The van der Waals surface area contributed by atoms with E-state index in [0.29, 0.717) is 0 Å². The summed E-state index contributed by atoms with van der Waals surface area (Å²) < 4.78 is 0. The zero-order valence-corrected chi connectivity index (χ0v) is 11.9. The van der Waals surface area contributed by atoms with Gasteiger partial charge in [0.25, 0.3) is 0 Å². The van der Waals surface area contributed by atoms with E-state index >= 15 is 0 Å². The van der Waals surface area contributed by atoms with Gasteiger partial charge < -0.3 is 5.73 Å². The summed E-state index contributed by atoms with van der Waals surface area (Å²) in [4.78, 5) is 5.42. The molecule has 0 aromatic heterocycles. The lowest BCUT2D eigenvalue weighted by molar-refractivity contribution is 0.0935. The number of nitrogens with two attached hydrogens (primary N) is 1. The number of likely N-dealkylation sites (tertiary alicyclic amines) is 1. The van der Waals surface area contributed by atoms with Crippen molar-refractivity contribution in [3.63, 3.8) is 0 Å². The van der Waals surface area contributed by atoms with Crippen molar-refractivity contribution >= 4 is 0 Å². The first-order chi connectivity index (χ1) is 8.79. The molecule has 1 heterocycles. The molecular formula is C15H29N3. The van der Waals surface area contributed by atoms with Crippen molar-refractivity contribution in [3.8, 4) is 0 Å². The molecule has 104 valence electrons. The molecule has 1 saturated heterocycles. The van der Waals surface area contributed by atoms with E-state index in [1.807, 2.05) is 0 Å². The van der Waals surface area contributed by atoms with Crippen LogP contribution in [0.15, 0.2) is 0 Å². The third-order valence-electron chi connectivity index (χ3n) is 5.53. The van der Waals surface area contributed by atoms with Gasteiger partial charge >= 0.3 is 0 Å². The van der Waals surface area contributed by atoms with E-state index in [2.05, 4.69) is 16.8 Å². The molecule has 1 aliphatic heterocycles. The van der Waals surface area contributed by atoms with Crippen molar-refractivity contribution in [3.05, 3.63) is 0 Å². The molecule has 18 heavy (non-hydrogen) atoms. The van der Waals surface area contributed by atoms with Gasteiger partial charge in [-0.25, -0.2) is 0 Å². The molecule has 3 atom stereocenters. The summed E-state index contributed by atoms with van der Waals surface area (Å²) in [5.41, 5.74) is 5.98. The highest BCUT2D eigenvalue weighted by Gasteiger charge is 2.38. The molecule has 0 spiro atoms. The molecule has 3 rings (SSSR count). The van der Waals surface area contributed by atoms with Gasteiger partial charge in [0.1, 0.15) is 0 Å². The maximum Gasteiger partial charge on any atom is 0.0235 e. The molecule has 3 nitrogen and oxygen atoms in total. The lowest BCUT2D eigenvalue weighted by atomic mass is 9.83. The van der Waals surface area contributed by atoms with Gasteiger partial charge in [0.05, 0.1) is 0 Å². The molecule has 3 fully saturated rings. The Bertz CT molecular complexity index is 277. The molecule has 0 bridgehead atoms. The minimum Gasteiger partial charge on any atom is -0.330 e. The van der Waals surface area contributed by atoms with Gasteiger partial charge in [0.15, 0.2) is 0 Å². The predicted molar refractivity (Wildman–Crippen MR) is 75.6 cm³/mol. The van der Waals surface area contributed by atoms with E-state index in [1.165, 1.54) is 58.0 Å². The summed E-state index contributed by atoms with van der Waals surface area (Å²) in [6.07, 6.45) is 9.80. The van der Waals surface area contributed by atoms with Crippen molar-refractivity contribution in [2.45, 2.75) is 63.1 Å². The second kappa shape index (κ2) is 5.48. The number of hydrogen-bond acceptors (Lipinski definition) is 3. The Morgan fingerprint density at radius 3 is 2.61 bits per heavy atom. The van der Waals surface area contributed by atoms with E-state index in [9.17, 15) is 0 Å². The third-order valence-corrected chi connectivity index (χ3v) is 5.53. The first-order valence-corrected chi connectivity index (χ1v) is 7.95. The highest BCUT2D eigenvalue weighted by molar-refractivity contribution is 4.94. The van der Waals surface area contributed by atoms with Crippen LogP contribution in [-0.4, -0.2) is 54.6 Å². The van der Waals surface area contributed by atoms with Crippen LogP contribution in [0, 0.1) is 5.92 Å². The second-order valence-electron chi connectivity index (χ2n) is 6.68. The minimum absolute atomic E-state index is 0.749. The van der Waals surface area contributed by atoms with Crippen LogP contribution >= 0.6 is 0 Å². The van der Waals surface area contributed by atoms with Crippen LogP contribution in [0.5, 0.6) is 0 Å². The Hall–Kier alpha value is -0.120. The molecule has 0 amide bonds. The zero-order chi connectivity index (χ0) is 12.5. The normalized spacial score (nSPS) is 38.5. The SMILES string of the molecule is CN(C1CCN(C2CC2)C1)C1CCCCC1CN. The molecule has 0 aromatic carbocycles. The lowest BCUT2D eigenvalue weighted by Gasteiger charge is -2.40. The van der Waals surface area contributed by atoms with Gasteiger partial charge in [-0.05, 0) is 51.6 Å². The summed E-state index contributed by atoms with van der Waals surface area (Å²) >= 11 is 0. The fraction of sp³-hybridized carbons (Fsp3) is 1.00. The third kappa shape index (κ3) is 2.59. The Balaban J connectivity index is 1.57. The largest absolute Gasteiger partial charge is 0.330 e. The molecule has 0 aromatic rings. The summed E-state index contributed by atoms with van der Waals surface area (Å²) in [6.45, 7) is 3.53. The fourth-order valence-electron chi connectivity index (χ4n) is 4.14. The highest BCUT2D eigenvalue weighted by Crippen LogP contribution is 2.34. The Labute approximate surface area is 112 Å². The molecule has 3 heteroatoms. The van der Waals surface area contributed by atoms with Gasteiger partial charge in [0, 0.05) is 31.2 Å². The Kier molecular flexibility index (Phi) is 3.92. The van der Waals surface area contributed by atoms with Crippen molar-refractivity contribution in [2.75, 3.05) is 26.7 Å². The Morgan fingerprint density at radius 2 is 1.89 bits per heavy atom. The highest BCUT2D eigenvalue weighted by atomic mass is 15.3. The first-order valence-electron chi connectivity index (χ1n) is 7.95. The van der Waals surface area contributed by atoms with Crippen LogP contribution in [0.2, 0.25) is 0 Å². The van der Waals surface area contributed by atoms with Crippen molar-refractivity contribution in [2.24, 2.45) is 11.7 Å². The molecule has 3 aliphatic rings. The topological polar surface area (TPSA) is 32.5 Å². The van der Waals surface area contributed by atoms with E-state index in [-0.39, 0.29) is 0 Å². The zero-order valence-electron chi connectivity index (χ0n) is 11.9. The molecule has 3 unspecified atom stereocenters. The van der Waals surface area contributed by atoms with Gasteiger partial charge in [-0.15, -0.1) is 0 Å². The van der Waals surface area contributed by atoms with Crippen LogP contribution in [0.3, 0.4) is 0 Å². The van der Waals surface area contributed by atoms with Crippen LogP contribution in [0.25, 0.3) is 0 Å². The van der Waals surface area contributed by atoms with Crippen LogP contribution in [-0.2, 0) is 0 Å². The van der Waals surface area contributed by atoms with Gasteiger partial charge in [-0.1, -0.05) is 12.8 Å². The van der Waals surface area contributed by atoms with Crippen molar-refractivity contribution in [1.29, 1.82) is 0 Å². The summed E-state index contributed by atoms with van der Waals surface area (Å²) in [5, 5.41) is 0. The summed E-state index contributed by atoms with van der Waals surface area (Å²) in [7, 11) is 2.36. The number of hydrogen-bond donors (Lipinski definition) is 1. The van der Waals surface area contributed by atoms with Gasteiger partial charge in [0.2, 0.25) is 0 Å². The second-order valence-corrected chi connectivity index (χ2v) is 6.68. The standard InChI is InChI=1S/C15H29N3/c1-17(15-5-3-2-4-12(15)10-16)14-8-9-18(11-14)13-6-7-13/h12-15H,2-11,16H2,1H3. The number of rotatable bonds is 4. The minimum atomic E-state index is 0.749. The predicted octanol–water partition coefficient (Wildman–Crippen LogP) is 1.67. The van der Waals surface area contributed by atoms with Crippen molar-refractivity contribution < 1.29 is 0 Å². The monoisotopic (exact) mass is 251 g/mol. The van der Waals surface area contributed by atoms with Gasteiger partial charge in [-0.2, -0.15) is 0 Å². The quantitative estimate of drug-likeness (QED) is 0.825. The van der Waals surface area contributed by atoms with E-state index in [1.54, 1.807) is 0 Å². The molecule has 2 saturated carbocycles. The van der Waals surface area contributed by atoms with Gasteiger partial charge in [-0.3, -0.25) is 9.80 Å². The van der Waals surface area contributed by atoms with Crippen LogP contribution in [0.4, 0.5) is 0 Å². The van der Waals surface area contributed by atoms with Crippen LogP contribution < -0.4 is 5.73 Å². The summed E-state index contributed by atoms with van der Waals surface area (Å²) in [6, 6.07) is 2.50. The summed E-state index contributed by atoms with van der Waals surface area (Å²) in [5.74, 6) is 0.749. The van der Waals surface area contributed by atoms with E-state index in [0.717, 1.165) is 30.6 Å². The van der Waals surface area contributed by atoms with Crippen molar-refractivity contribution in [1.82, 2.24) is 9.80 Å². The molecule has 2 N–H and O–H groups in total. The Morgan fingerprint density at radius 1 is 1.11 bits per heavy atom. The molecular weight excluding hydrogens is 222 g/mol. The smallest absolute Gasteiger partial charge is 0.0235 e. The molecule has 2 aliphatic carbocycles. The average molecular weight is 251 g/mol.